The number of anilines is 2. The van der Waals surface area contributed by atoms with Crippen LogP contribution in [0.3, 0.4) is 0 Å². The Morgan fingerprint density at radius 3 is 2.43 bits per heavy atom. The highest BCUT2D eigenvalue weighted by Gasteiger charge is 2.14. The number of aromatic nitrogens is 3. The predicted octanol–water partition coefficient (Wildman–Crippen LogP) is 0.827. The van der Waals surface area contributed by atoms with Crippen molar-refractivity contribution < 1.29 is 19.4 Å². The van der Waals surface area contributed by atoms with Gasteiger partial charge in [0.25, 0.3) is 0 Å². The molecule has 0 aliphatic carbocycles. The number of hydrogen-bond acceptors (Lipinski definition) is 9. The molecule has 10 heteroatoms. The number of benzene rings is 1. The number of ether oxygens (including phenoxy) is 2. The zero-order valence-electron chi connectivity index (χ0n) is 15.8. The van der Waals surface area contributed by atoms with E-state index in [1.54, 1.807) is 0 Å². The molecular formula is C18H26N6O4. The van der Waals surface area contributed by atoms with Crippen LogP contribution in [-0.4, -0.2) is 71.6 Å². The second-order valence-electron chi connectivity index (χ2n) is 5.82. The van der Waals surface area contributed by atoms with Gasteiger partial charge in [-0.05, 0) is 6.92 Å². The summed E-state index contributed by atoms with van der Waals surface area (Å²) in [6, 6.07) is 8.54. The number of nitrogens with one attached hydrogen (secondary N) is 2. The lowest BCUT2D eigenvalue weighted by molar-refractivity contribution is -0.137. The van der Waals surface area contributed by atoms with E-state index >= 15 is 0 Å². The molecule has 0 unspecified atom stereocenters. The first-order valence-corrected chi connectivity index (χ1v) is 9.00. The van der Waals surface area contributed by atoms with E-state index in [9.17, 15) is 4.79 Å². The van der Waals surface area contributed by atoms with Crippen molar-refractivity contribution in [3.8, 4) is 11.4 Å². The summed E-state index contributed by atoms with van der Waals surface area (Å²) in [6.07, 6.45) is 0. The minimum absolute atomic E-state index is 0.183. The van der Waals surface area contributed by atoms with Crippen molar-refractivity contribution in [1.82, 2.24) is 15.0 Å². The normalized spacial score (nSPS) is 11.8. The molecular weight excluding hydrogens is 364 g/mol. The second kappa shape index (κ2) is 11.8. The lowest BCUT2D eigenvalue weighted by Crippen LogP contribution is -2.27. The number of carboxylic acid groups (broad SMARTS) is 1. The van der Waals surface area contributed by atoms with Crippen molar-refractivity contribution in [2.75, 3.05) is 50.2 Å². The Labute approximate surface area is 163 Å². The molecule has 0 aliphatic rings. The summed E-state index contributed by atoms with van der Waals surface area (Å²) in [6.45, 7) is 4.39. The van der Waals surface area contributed by atoms with E-state index in [-0.39, 0.29) is 5.95 Å². The first-order valence-electron chi connectivity index (χ1n) is 9.00. The summed E-state index contributed by atoms with van der Waals surface area (Å²) < 4.78 is 10.7. The van der Waals surface area contributed by atoms with Crippen LogP contribution in [0.2, 0.25) is 0 Å². The molecule has 152 valence electrons. The Morgan fingerprint density at radius 2 is 1.75 bits per heavy atom. The van der Waals surface area contributed by atoms with E-state index in [2.05, 4.69) is 25.6 Å². The van der Waals surface area contributed by atoms with Crippen molar-refractivity contribution >= 4 is 17.9 Å². The van der Waals surface area contributed by atoms with Gasteiger partial charge in [-0.2, -0.15) is 15.0 Å². The van der Waals surface area contributed by atoms with Gasteiger partial charge in [0.15, 0.2) is 5.82 Å². The number of nitrogens with zero attached hydrogens (tertiary/aromatic N) is 3. The van der Waals surface area contributed by atoms with Gasteiger partial charge in [0, 0.05) is 18.7 Å². The molecule has 0 saturated carbocycles. The molecule has 2 aromatic rings. The second-order valence-corrected chi connectivity index (χ2v) is 5.82. The summed E-state index contributed by atoms with van der Waals surface area (Å²) in [4.78, 5) is 24.1. The molecule has 0 aliphatic heterocycles. The number of hydrogen-bond donors (Lipinski definition) is 4. The van der Waals surface area contributed by atoms with Gasteiger partial charge in [0.05, 0.1) is 26.4 Å². The number of nitrogens with two attached hydrogens (primary N) is 1. The minimum atomic E-state index is -0.999. The van der Waals surface area contributed by atoms with Crippen LogP contribution >= 0.6 is 0 Å². The highest BCUT2D eigenvalue weighted by molar-refractivity contribution is 5.76. The smallest absolute Gasteiger partial charge is 0.325 e. The van der Waals surface area contributed by atoms with E-state index in [1.807, 2.05) is 30.3 Å². The predicted molar refractivity (Wildman–Crippen MR) is 105 cm³/mol. The van der Waals surface area contributed by atoms with Crippen LogP contribution in [0, 0.1) is 0 Å². The Bertz CT molecular complexity index is 731. The highest BCUT2D eigenvalue weighted by Crippen LogP contribution is 2.17. The van der Waals surface area contributed by atoms with E-state index in [0.717, 1.165) is 5.56 Å². The van der Waals surface area contributed by atoms with Gasteiger partial charge in [0.1, 0.15) is 6.04 Å². The Hall–Kier alpha value is -2.82. The van der Waals surface area contributed by atoms with Crippen LogP contribution in [0.1, 0.15) is 6.92 Å². The molecule has 0 radical (unpaired) electrons. The van der Waals surface area contributed by atoms with E-state index in [1.165, 1.54) is 6.92 Å². The molecule has 0 spiro atoms. The SMILES string of the molecule is C[C@H](Nc1nc(NCCOCCOCCN)nc(-c2ccccc2)n1)C(=O)O. The van der Waals surface area contributed by atoms with E-state index < -0.39 is 12.0 Å². The van der Waals surface area contributed by atoms with E-state index in [0.29, 0.717) is 51.3 Å². The Kier molecular flexibility index (Phi) is 9.05. The molecule has 1 heterocycles. The molecule has 28 heavy (non-hydrogen) atoms. The molecule has 5 N–H and O–H groups in total. The fraction of sp³-hybridized carbons (Fsp3) is 0.444. The van der Waals surface area contributed by atoms with Crippen LogP contribution in [0.25, 0.3) is 11.4 Å². The molecule has 1 atom stereocenters. The summed E-state index contributed by atoms with van der Waals surface area (Å²) in [7, 11) is 0. The zero-order chi connectivity index (χ0) is 20.2. The van der Waals surface area contributed by atoms with Gasteiger partial charge in [-0.25, -0.2) is 0 Å². The van der Waals surface area contributed by atoms with Crippen molar-refractivity contribution in [3.63, 3.8) is 0 Å². The third-order valence-electron chi connectivity index (χ3n) is 3.55. The van der Waals surface area contributed by atoms with Gasteiger partial charge in [-0.3, -0.25) is 4.79 Å². The maximum Gasteiger partial charge on any atom is 0.325 e. The average Bonchev–Trinajstić information content (AvgIpc) is 2.70. The van der Waals surface area contributed by atoms with Crippen molar-refractivity contribution in [3.05, 3.63) is 30.3 Å². The van der Waals surface area contributed by atoms with Crippen LogP contribution < -0.4 is 16.4 Å². The van der Waals surface area contributed by atoms with Crippen LogP contribution in [0.5, 0.6) is 0 Å². The average molecular weight is 390 g/mol. The fourth-order valence-corrected chi connectivity index (χ4v) is 2.13. The largest absolute Gasteiger partial charge is 0.480 e. The highest BCUT2D eigenvalue weighted by atomic mass is 16.5. The molecule has 0 amide bonds. The topological polar surface area (TPSA) is 145 Å². The van der Waals surface area contributed by atoms with E-state index in [4.69, 9.17) is 20.3 Å². The molecule has 0 saturated heterocycles. The number of rotatable bonds is 13. The van der Waals surface area contributed by atoms with Crippen molar-refractivity contribution in [2.24, 2.45) is 5.73 Å². The number of carboxylic acids is 1. The van der Waals surface area contributed by atoms with Gasteiger partial charge in [0.2, 0.25) is 11.9 Å². The van der Waals surface area contributed by atoms with Crippen LogP contribution in [0.4, 0.5) is 11.9 Å². The Balaban J connectivity index is 1.98. The van der Waals surface area contributed by atoms with Gasteiger partial charge < -0.3 is 30.9 Å². The maximum atomic E-state index is 11.1. The molecule has 0 bridgehead atoms. The third-order valence-corrected chi connectivity index (χ3v) is 3.55. The van der Waals surface area contributed by atoms with Gasteiger partial charge in [-0.1, -0.05) is 30.3 Å². The van der Waals surface area contributed by atoms with Gasteiger partial charge >= 0.3 is 5.97 Å². The first kappa shape index (κ1) is 21.5. The molecule has 2 rings (SSSR count). The quantitative estimate of drug-likeness (QED) is 0.363. The first-order chi connectivity index (χ1) is 13.6. The van der Waals surface area contributed by atoms with Crippen molar-refractivity contribution in [2.45, 2.75) is 13.0 Å². The number of carbonyl (C=O) groups is 1. The third kappa shape index (κ3) is 7.43. The summed E-state index contributed by atoms with van der Waals surface area (Å²) >= 11 is 0. The minimum Gasteiger partial charge on any atom is -0.480 e. The standard InChI is InChI=1S/C18H26N6O4/c1-13(16(25)26)21-18-23-15(14-5-3-2-4-6-14)22-17(24-18)20-8-10-28-12-11-27-9-7-19/h2-6,13H,7-12,19H2,1H3,(H,25,26)(H2,20,21,22,23,24)/t13-/m0/s1. The molecule has 1 aromatic carbocycles. The summed E-state index contributed by atoms with van der Waals surface area (Å²) in [5, 5.41) is 14.9. The van der Waals surface area contributed by atoms with Gasteiger partial charge in [-0.15, -0.1) is 0 Å². The summed E-state index contributed by atoms with van der Waals surface area (Å²) in [5.41, 5.74) is 6.13. The lowest BCUT2D eigenvalue weighted by atomic mass is 10.2. The van der Waals surface area contributed by atoms with Crippen LogP contribution in [0.15, 0.2) is 30.3 Å². The lowest BCUT2D eigenvalue weighted by Gasteiger charge is -2.12. The maximum absolute atomic E-state index is 11.1. The molecule has 1 aromatic heterocycles. The molecule has 10 nitrogen and oxygen atoms in total. The monoisotopic (exact) mass is 390 g/mol. The van der Waals surface area contributed by atoms with Crippen molar-refractivity contribution in [1.29, 1.82) is 0 Å². The fourth-order valence-electron chi connectivity index (χ4n) is 2.13. The Morgan fingerprint density at radius 1 is 1.07 bits per heavy atom. The van der Waals surface area contributed by atoms with Crippen LogP contribution in [-0.2, 0) is 14.3 Å². The molecule has 0 fully saturated rings. The zero-order valence-corrected chi connectivity index (χ0v) is 15.8. The summed E-state index contributed by atoms with van der Waals surface area (Å²) in [5.74, 6) is -0.0463. The number of aliphatic carboxylic acids is 1.